The maximum atomic E-state index is 13.4. The molecule has 1 fully saturated rings. The number of thioether (sulfide) groups is 1. The molecular weight excluding hydrogens is 448 g/mol. The van der Waals surface area contributed by atoms with Gasteiger partial charge in [-0.05, 0) is 70.6 Å². The number of hydrogen-bond donors (Lipinski definition) is 2. The summed E-state index contributed by atoms with van der Waals surface area (Å²) in [4.78, 5) is 4.87. The molecule has 1 unspecified atom stereocenters. The Morgan fingerprint density at radius 2 is 1.94 bits per heavy atom. The molecule has 32 heavy (non-hydrogen) atoms. The summed E-state index contributed by atoms with van der Waals surface area (Å²) in [5.74, 6) is 0.438. The minimum atomic E-state index is -3.58. The van der Waals surface area contributed by atoms with Crippen molar-refractivity contribution in [2.75, 3.05) is 12.9 Å². The Bertz CT molecular complexity index is 1100. The van der Waals surface area contributed by atoms with Gasteiger partial charge < -0.3 is 19.5 Å². The molecule has 1 aromatic carbocycles. The first-order valence-electron chi connectivity index (χ1n) is 11.0. The first kappa shape index (κ1) is 23.6. The van der Waals surface area contributed by atoms with Crippen LogP contribution in [0.3, 0.4) is 0 Å². The molecular formula is C23H32N2O5S2. The molecule has 1 aromatic heterocycles. The Kier molecular flexibility index (Phi) is 6.39. The zero-order valence-corrected chi connectivity index (χ0v) is 20.7. The second kappa shape index (κ2) is 8.66. The van der Waals surface area contributed by atoms with Crippen molar-refractivity contribution in [2.45, 2.75) is 80.0 Å². The highest BCUT2D eigenvalue weighted by atomic mass is 32.2. The highest BCUT2D eigenvalue weighted by Gasteiger charge is 2.37. The minimum absolute atomic E-state index is 0.0209. The third kappa shape index (κ3) is 4.58. The Morgan fingerprint density at radius 3 is 2.56 bits per heavy atom. The van der Waals surface area contributed by atoms with Gasteiger partial charge in [0.2, 0.25) is 0 Å². The molecule has 0 saturated heterocycles. The lowest BCUT2D eigenvalue weighted by Crippen LogP contribution is -2.34. The monoisotopic (exact) mass is 480 g/mol. The second-order valence-electron chi connectivity index (χ2n) is 9.52. The van der Waals surface area contributed by atoms with Crippen molar-refractivity contribution >= 4 is 21.6 Å². The molecule has 0 amide bonds. The zero-order valence-electron chi connectivity index (χ0n) is 19.0. The largest absolute Gasteiger partial charge is 0.495 e. The second-order valence-corrected chi connectivity index (χ2v) is 12.7. The van der Waals surface area contributed by atoms with Crippen molar-refractivity contribution in [2.24, 2.45) is 5.92 Å². The van der Waals surface area contributed by atoms with Gasteiger partial charge in [-0.25, -0.2) is 13.4 Å². The van der Waals surface area contributed by atoms with E-state index in [-0.39, 0.29) is 27.9 Å². The number of aliphatic hydroxyl groups excluding tert-OH is 1. The number of aliphatic hydroxyl groups is 2. The van der Waals surface area contributed by atoms with Crippen LogP contribution >= 0.6 is 11.8 Å². The van der Waals surface area contributed by atoms with Crippen LogP contribution in [0, 0.1) is 12.8 Å². The molecule has 176 valence electrons. The van der Waals surface area contributed by atoms with Crippen LogP contribution in [0.15, 0.2) is 28.3 Å². The van der Waals surface area contributed by atoms with Crippen LogP contribution in [0.1, 0.15) is 45.2 Å². The summed E-state index contributed by atoms with van der Waals surface area (Å²) >= 11 is 1.55. The molecule has 1 atom stereocenters. The van der Waals surface area contributed by atoms with Gasteiger partial charge in [0.25, 0.3) is 0 Å². The summed E-state index contributed by atoms with van der Waals surface area (Å²) in [5.41, 5.74) is 1.63. The lowest BCUT2D eigenvalue weighted by molar-refractivity contribution is 0.0746. The number of hydrogen-bond acceptors (Lipinski definition) is 7. The molecule has 4 rings (SSSR count). The van der Waals surface area contributed by atoms with E-state index in [1.807, 2.05) is 13.0 Å². The number of imidazole rings is 1. The first-order valence-corrected chi connectivity index (χ1v) is 13.6. The van der Waals surface area contributed by atoms with E-state index in [9.17, 15) is 18.6 Å². The van der Waals surface area contributed by atoms with Gasteiger partial charge in [-0.15, -0.1) is 0 Å². The molecule has 0 bridgehead atoms. The van der Waals surface area contributed by atoms with E-state index in [2.05, 4.69) is 9.55 Å². The zero-order chi connectivity index (χ0) is 23.3. The smallest absolute Gasteiger partial charge is 0.182 e. The molecule has 9 heteroatoms. The normalized spacial score (nSPS) is 23.9. The molecule has 2 N–H and O–H groups in total. The van der Waals surface area contributed by atoms with Crippen LogP contribution in [0.4, 0.5) is 0 Å². The lowest BCUT2D eigenvalue weighted by Gasteiger charge is -2.25. The SMILES string of the molecule is COc1ccc(-c2c(C)nc3n2CC(C(C)(C)O)S3)cc1S(=O)(=O)C[C@H]1CC[C@@H](O)CC1. The standard InChI is InChI=1S/C23H32N2O5S2/c1-14-21(25-12-20(23(2,3)27)31-22(25)24-14)16-7-10-18(30-4)19(11-16)32(28,29)13-15-5-8-17(26)9-6-15/h7,10-11,15,17,20,26-27H,5-6,8-9,12-13H2,1-4H3/t15-,17+,20?. The molecule has 0 radical (unpaired) electrons. The number of rotatable bonds is 6. The molecule has 7 nitrogen and oxygen atoms in total. The van der Waals surface area contributed by atoms with Crippen LogP contribution in [0.25, 0.3) is 11.3 Å². The molecule has 0 spiro atoms. The van der Waals surface area contributed by atoms with Gasteiger partial charge in [0.15, 0.2) is 15.0 Å². The summed E-state index contributed by atoms with van der Waals surface area (Å²) in [6.45, 7) is 6.13. The minimum Gasteiger partial charge on any atom is -0.495 e. The Hall–Kier alpha value is -1.55. The van der Waals surface area contributed by atoms with E-state index >= 15 is 0 Å². The molecule has 1 saturated carbocycles. The van der Waals surface area contributed by atoms with Gasteiger partial charge in [0.05, 0.1) is 41.2 Å². The van der Waals surface area contributed by atoms with E-state index in [1.54, 1.807) is 37.7 Å². The van der Waals surface area contributed by atoms with Crippen LogP contribution < -0.4 is 4.74 Å². The maximum absolute atomic E-state index is 13.4. The highest BCUT2D eigenvalue weighted by Crippen LogP contribution is 2.42. The van der Waals surface area contributed by atoms with Gasteiger partial charge in [-0.1, -0.05) is 11.8 Å². The number of benzene rings is 1. The third-order valence-electron chi connectivity index (χ3n) is 6.53. The maximum Gasteiger partial charge on any atom is 0.182 e. The van der Waals surface area contributed by atoms with E-state index in [4.69, 9.17) is 4.74 Å². The fraction of sp³-hybridized carbons (Fsp3) is 0.609. The van der Waals surface area contributed by atoms with E-state index < -0.39 is 15.4 Å². The van der Waals surface area contributed by atoms with Crippen molar-refractivity contribution in [1.29, 1.82) is 0 Å². The lowest BCUT2D eigenvalue weighted by atomic mass is 9.89. The predicted molar refractivity (Wildman–Crippen MR) is 125 cm³/mol. The summed E-state index contributed by atoms with van der Waals surface area (Å²) in [7, 11) is -2.09. The van der Waals surface area contributed by atoms with Gasteiger partial charge in [0, 0.05) is 12.1 Å². The number of fused-ring (bicyclic) bond motifs is 1. The predicted octanol–water partition coefficient (Wildman–Crippen LogP) is 3.44. The number of aryl methyl sites for hydroxylation is 1. The molecule has 1 aliphatic carbocycles. The van der Waals surface area contributed by atoms with Gasteiger partial charge in [0.1, 0.15) is 10.6 Å². The molecule has 2 heterocycles. The number of methoxy groups -OCH3 is 1. The number of sulfone groups is 1. The highest BCUT2D eigenvalue weighted by molar-refractivity contribution is 8.00. The average Bonchev–Trinajstić information content (AvgIpc) is 3.26. The fourth-order valence-electron chi connectivity index (χ4n) is 4.65. The van der Waals surface area contributed by atoms with Gasteiger partial charge in [-0.2, -0.15) is 0 Å². The number of nitrogens with zero attached hydrogens (tertiary/aromatic N) is 2. The van der Waals surface area contributed by atoms with Crippen LogP contribution in [0.2, 0.25) is 0 Å². The molecule has 2 aromatic rings. The average molecular weight is 481 g/mol. The van der Waals surface area contributed by atoms with Gasteiger partial charge in [-0.3, -0.25) is 0 Å². The van der Waals surface area contributed by atoms with Crippen molar-refractivity contribution in [3.05, 3.63) is 23.9 Å². The van der Waals surface area contributed by atoms with E-state index in [1.165, 1.54) is 7.11 Å². The number of aromatic nitrogens is 2. The first-order chi connectivity index (χ1) is 15.0. The van der Waals surface area contributed by atoms with Gasteiger partial charge >= 0.3 is 0 Å². The van der Waals surface area contributed by atoms with Crippen molar-refractivity contribution in [3.63, 3.8) is 0 Å². The van der Waals surface area contributed by atoms with Crippen molar-refractivity contribution in [1.82, 2.24) is 9.55 Å². The fourth-order valence-corrected chi connectivity index (χ4v) is 7.80. The topological polar surface area (TPSA) is 102 Å². The van der Waals surface area contributed by atoms with Crippen LogP contribution in [-0.4, -0.2) is 58.0 Å². The molecule has 2 aliphatic rings. The third-order valence-corrected chi connectivity index (χ3v) is 9.97. The summed E-state index contributed by atoms with van der Waals surface area (Å²) in [6.07, 6.45) is 2.42. The Morgan fingerprint density at radius 1 is 1.25 bits per heavy atom. The van der Waals surface area contributed by atoms with Crippen molar-refractivity contribution < 1.29 is 23.4 Å². The van der Waals surface area contributed by atoms with Crippen LogP contribution in [-0.2, 0) is 16.4 Å². The Balaban J connectivity index is 1.68. The summed E-state index contributed by atoms with van der Waals surface area (Å²) in [5, 5.41) is 21.0. The quantitative estimate of drug-likeness (QED) is 0.653. The Labute approximate surface area is 194 Å². The van der Waals surface area contributed by atoms with Crippen LogP contribution in [0.5, 0.6) is 5.75 Å². The van der Waals surface area contributed by atoms with E-state index in [0.29, 0.717) is 38.0 Å². The van der Waals surface area contributed by atoms with Crippen molar-refractivity contribution in [3.8, 4) is 17.0 Å². The number of ether oxygens (including phenoxy) is 1. The summed E-state index contributed by atoms with van der Waals surface area (Å²) in [6, 6.07) is 5.28. The van der Waals surface area contributed by atoms with E-state index in [0.717, 1.165) is 22.1 Å². The summed E-state index contributed by atoms with van der Waals surface area (Å²) < 4.78 is 34.3. The molecule has 1 aliphatic heterocycles.